The second-order valence-corrected chi connectivity index (χ2v) is 7.53. The molecule has 2 amide bonds. The summed E-state index contributed by atoms with van der Waals surface area (Å²) in [6.45, 7) is 1.71. The average Bonchev–Trinajstić information content (AvgIpc) is 2.83. The van der Waals surface area contributed by atoms with E-state index >= 15 is 0 Å². The van der Waals surface area contributed by atoms with Crippen molar-refractivity contribution >= 4 is 40.9 Å². The Labute approximate surface area is 206 Å². The Kier molecular flexibility index (Phi) is 8.82. The van der Waals surface area contributed by atoms with E-state index in [0.29, 0.717) is 28.6 Å². The number of rotatable bonds is 9. The number of ether oxygens (including phenoxy) is 2. The van der Waals surface area contributed by atoms with Gasteiger partial charge in [0, 0.05) is 10.7 Å². The third-order valence-corrected chi connectivity index (χ3v) is 4.77. The Morgan fingerprint density at radius 1 is 1.03 bits per heavy atom. The summed E-state index contributed by atoms with van der Waals surface area (Å²) in [4.78, 5) is 24.7. The summed E-state index contributed by atoms with van der Waals surface area (Å²) in [6.07, 6.45) is 1.40. The van der Waals surface area contributed by atoms with Gasteiger partial charge in [-0.05, 0) is 61.0 Å². The zero-order chi connectivity index (χ0) is 25.2. The molecule has 0 atom stereocenters. The molecule has 0 aliphatic rings. The van der Waals surface area contributed by atoms with Crippen molar-refractivity contribution in [3.63, 3.8) is 0 Å². The van der Waals surface area contributed by atoms with Crippen LogP contribution in [0.25, 0.3) is 6.08 Å². The van der Waals surface area contributed by atoms with Crippen LogP contribution < -0.4 is 20.1 Å². The average molecular weight is 494 g/mol. The van der Waals surface area contributed by atoms with Crippen molar-refractivity contribution in [2.45, 2.75) is 6.92 Å². The molecular formula is C26H21ClFN3O4. The number of carbonyl (C=O) groups excluding carboxylic acids is 2. The Morgan fingerprint density at radius 2 is 1.83 bits per heavy atom. The molecule has 0 saturated carbocycles. The van der Waals surface area contributed by atoms with Gasteiger partial charge in [-0.2, -0.15) is 5.26 Å². The van der Waals surface area contributed by atoms with E-state index in [-0.39, 0.29) is 23.6 Å². The van der Waals surface area contributed by atoms with E-state index < -0.39 is 17.6 Å². The molecule has 0 radical (unpaired) electrons. The van der Waals surface area contributed by atoms with E-state index in [1.165, 1.54) is 24.3 Å². The summed E-state index contributed by atoms with van der Waals surface area (Å²) < 4.78 is 24.9. The maximum atomic E-state index is 13.7. The normalized spacial score (nSPS) is 10.7. The summed E-state index contributed by atoms with van der Waals surface area (Å²) >= 11 is 5.93. The maximum absolute atomic E-state index is 13.7. The zero-order valence-corrected chi connectivity index (χ0v) is 19.4. The van der Waals surface area contributed by atoms with Crippen LogP contribution in [-0.2, 0) is 9.59 Å². The first-order valence-corrected chi connectivity index (χ1v) is 10.9. The zero-order valence-electron chi connectivity index (χ0n) is 18.7. The third-order valence-electron chi connectivity index (χ3n) is 4.53. The van der Waals surface area contributed by atoms with Crippen LogP contribution in [0.5, 0.6) is 11.5 Å². The van der Waals surface area contributed by atoms with Crippen molar-refractivity contribution in [1.82, 2.24) is 0 Å². The van der Waals surface area contributed by atoms with Gasteiger partial charge in [0.05, 0.1) is 12.3 Å². The second-order valence-electron chi connectivity index (χ2n) is 7.09. The maximum Gasteiger partial charge on any atom is 0.266 e. The molecule has 0 bridgehead atoms. The number of nitrogens with one attached hydrogen (secondary N) is 2. The van der Waals surface area contributed by atoms with Crippen molar-refractivity contribution in [3.05, 3.63) is 88.7 Å². The highest BCUT2D eigenvalue weighted by molar-refractivity contribution is 6.31. The van der Waals surface area contributed by atoms with Crippen molar-refractivity contribution < 1.29 is 23.5 Å². The smallest absolute Gasteiger partial charge is 0.266 e. The first-order valence-electron chi connectivity index (χ1n) is 10.5. The fraction of sp³-hybridized carbons (Fsp3) is 0.115. The molecule has 0 unspecified atom stereocenters. The second kappa shape index (κ2) is 12.2. The van der Waals surface area contributed by atoms with Crippen molar-refractivity contribution in [2.24, 2.45) is 0 Å². The van der Waals surface area contributed by atoms with E-state index in [1.807, 2.05) is 6.07 Å². The lowest BCUT2D eigenvalue weighted by atomic mass is 10.1. The summed E-state index contributed by atoms with van der Waals surface area (Å²) in [5.74, 6) is -1.12. The predicted octanol–water partition coefficient (Wildman–Crippen LogP) is 5.44. The highest BCUT2D eigenvalue weighted by Gasteiger charge is 2.13. The van der Waals surface area contributed by atoms with E-state index in [9.17, 15) is 19.2 Å². The minimum Gasteiger partial charge on any atom is -0.490 e. The van der Waals surface area contributed by atoms with Crippen LogP contribution in [0.2, 0.25) is 5.02 Å². The molecule has 3 rings (SSSR count). The quantitative estimate of drug-likeness (QED) is 0.305. The van der Waals surface area contributed by atoms with Gasteiger partial charge in [0.25, 0.3) is 11.8 Å². The van der Waals surface area contributed by atoms with Gasteiger partial charge in [0.15, 0.2) is 18.1 Å². The SMILES string of the molecule is CCOc1cc(C=C(C#N)C(=O)Nc2cccc(Cl)c2)ccc1OCC(=O)Nc1ccccc1F. The van der Waals surface area contributed by atoms with Crippen LogP contribution in [0.1, 0.15) is 12.5 Å². The lowest BCUT2D eigenvalue weighted by Crippen LogP contribution is -2.21. The lowest BCUT2D eigenvalue weighted by molar-refractivity contribution is -0.118. The number of amides is 2. The Balaban J connectivity index is 1.72. The van der Waals surface area contributed by atoms with Gasteiger partial charge in [-0.3, -0.25) is 9.59 Å². The van der Waals surface area contributed by atoms with E-state index in [0.717, 1.165) is 0 Å². The summed E-state index contributed by atoms with van der Waals surface area (Å²) in [7, 11) is 0. The van der Waals surface area contributed by atoms with Crippen LogP contribution in [0, 0.1) is 17.1 Å². The molecule has 178 valence electrons. The Morgan fingerprint density at radius 3 is 2.54 bits per heavy atom. The minimum absolute atomic E-state index is 0.0479. The standard InChI is InChI=1S/C26H21ClFN3O4/c1-2-34-24-13-17(12-18(15-29)26(33)30-20-7-5-6-19(27)14-20)10-11-23(24)35-16-25(32)31-22-9-4-3-8-21(22)28/h3-14H,2,16H2,1H3,(H,30,33)(H,31,32). The molecule has 9 heteroatoms. The summed E-state index contributed by atoms with van der Waals surface area (Å²) in [6, 6.07) is 19.0. The van der Waals surface area contributed by atoms with Gasteiger partial charge in [0.2, 0.25) is 0 Å². The Hall–Kier alpha value is -4.35. The number of nitrogens with zero attached hydrogens (tertiary/aromatic N) is 1. The van der Waals surface area contributed by atoms with Crippen LogP contribution in [0.3, 0.4) is 0 Å². The molecule has 0 saturated heterocycles. The van der Waals surface area contributed by atoms with Crippen LogP contribution >= 0.6 is 11.6 Å². The van der Waals surface area contributed by atoms with Gasteiger partial charge in [-0.1, -0.05) is 35.9 Å². The molecule has 0 heterocycles. The lowest BCUT2D eigenvalue weighted by Gasteiger charge is -2.13. The molecule has 7 nitrogen and oxygen atoms in total. The van der Waals surface area contributed by atoms with Crippen LogP contribution in [0.4, 0.5) is 15.8 Å². The van der Waals surface area contributed by atoms with E-state index in [2.05, 4.69) is 10.6 Å². The van der Waals surface area contributed by atoms with E-state index in [4.69, 9.17) is 21.1 Å². The predicted molar refractivity (Wildman–Crippen MR) is 132 cm³/mol. The molecule has 3 aromatic rings. The molecule has 35 heavy (non-hydrogen) atoms. The molecule has 0 aliphatic heterocycles. The van der Waals surface area contributed by atoms with Gasteiger partial charge in [-0.25, -0.2) is 4.39 Å². The van der Waals surface area contributed by atoms with Gasteiger partial charge < -0.3 is 20.1 Å². The van der Waals surface area contributed by atoms with Crippen LogP contribution in [-0.4, -0.2) is 25.0 Å². The van der Waals surface area contributed by atoms with Gasteiger partial charge in [-0.15, -0.1) is 0 Å². The Bertz CT molecular complexity index is 1300. The first-order chi connectivity index (χ1) is 16.9. The molecule has 0 aromatic heterocycles. The number of hydrogen-bond donors (Lipinski definition) is 2. The molecule has 0 fully saturated rings. The summed E-state index contributed by atoms with van der Waals surface area (Å²) in [5, 5.41) is 15.0. The number of carbonyl (C=O) groups is 2. The van der Waals surface area contributed by atoms with Crippen molar-refractivity contribution in [1.29, 1.82) is 5.26 Å². The number of anilines is 2. The summed E-state index contributed by atoms with van der Waals surface area (Å²) in [5.41, 5.74) is 0.877. The van der Waals surface area contributed by atoms with Crippen LogP contribution in [0.15, 0.2) is 72.3 Å². The van der Waals surface area contributed by atoms with E-state index in [1.54, 1.807) is 55.5 Å². The first kappa shape index (κ1) is 25.3. The molecule has 2 N–H and O–H groups in total. The van der Waals surface area contributed by atoms with Gasteiger partial charge in [0.1, 0.15) is 17.5 Å². The highest BCUT2D eigenvalue weighted by atomic mass is 35.5. The molecular weight excluding hydrogens is 473 g/mol. The van der Waals surface area contributed by atoms with Crippen molar-refractivity contribution in [3.8, 4) is 17.6 Å². The number of nitriles is 1. The monoisotopic (exact) mass is 493 g/mol. The third kappa shape index (κ3) is 7.32. The van der Waals surface area contributed by atoms with Crippen molar-refractivity contribution in [2.75, 3.05) is 23.8 Å². The molecule has 0 spiro atoms. The number of para-hydroxylation sites is 1. The number of halogens is 2. The number of hydrogen-bond acceptors (Lipinski definition) is 5. The van der Waals surface area contributed by atoms with Gasteiger partial charge >= 0.3 is 0 Å². The number of benzene rings is 3. The minimum atomic E-state index is -0.599. The fourth-order valence-electron chi connectivity index (χ4n) is 2.97. The topological polar surface area (TPSA) is 100 Å². The molecule has 0 aliphatic carbocycles. The highest BCUT2D eigenvalue weighted by Crippen LogP contribution is 2.29. The molecule has 3 aromatic carbocycles. The largest absolute Gasteiger partial charge is 0.490 e. The fourth-order valence-corrected chi connectivity index (χ4v) is 3.16.